The molecule has 0 saturated heterocycles. The number of hydrogen-bond acceptors (Lipinski definition) is 4. The van der Waals surface area contributed by atoms with E-state index >= 15 is 0 Å². The molecule has 1 heterocycles. The van der Waals surface area contributed by atoms with E-state index in [0.717, 1.165) is 31.4 Å². The first kappa shape index (κ1) is 8.72. The fourth-order valence-electron chi connectivity index (χ4n) is 1.20. The molecule has 0 aliphatic heterocycles. The number of rotatable bonds is 6. The number of aromatic nitrogens is 1. The molecule has 0 bridgehead atoms. The predicted octanol–water partition coefficient (Wildman–Crippen LogP) is 0.516. The van der Waals surface area contributed by atoms with Crippen molar-refractivity contribution in [1.82, 2.24) is 15.8 Å². The maximum absolute atomic E-state index is 4.71. The van der Waals surface area contributed by atoms with Crippen LogP contribution in [0, 0.1) is 0 Å². The summed E-state index contributed by atoms with van der Waals surface area (Å²) >= 11 is 0. The van der Waals surface area contributed by atoms with Crippen molar-refractivity contribution in [1.29, 1.82) is 0 Å². The standard InChI is InChI=1S/C9H15N3O/c1-2-8(1)11-5-4-10-7-9-3-6-13-12-9/h3,6,8,10-11H,1-2,4-5,7H2. The number of nitrogens with zero attached hydrogens (tertiary/aromatic N) is 1. The van der Waals surface area contributed by atoms with Crippen LogP contribution in [0.5, 0.6) is 0 Å². The van der Waals surface area contributed by atoms with Gasteiger partial charge in [0.05, 0.1) is 5.69 Å². The molecule has 2 rings (SSSR count). The highest BCUT2D eigenvalue weighted by Gasteiger charge is 2.19. The van der Waals surface area contributed by atoms with Crippen molar-refractivity contribution in [2.45, 2.75) is 25.4 Å². The van der Waals surface area contributed by atoms with Crippen LogP contribution in [0.15, 0.2) is 16.9 Å². The van der Waals surface area contributed by atoms with Gasteiger partial charge < -0.3 is 15.2 Å². The Bertz CT molecular complexity index is 231. The van der Waals surface area contributed by atoms with Gasteiger partial charge in [-0.05, 0) is 12.8 Å². The monoisotopic (exact) mass is 181 g/mol. The van der Waals surface area contributed by atoms with Crippen LogP contribution < -0.4 is 10.6 Å². The second-order valence-electron chi connectivity index (χ2n) is 3.40. The lowest BCUT2D eigenvalue weighted by molar-refractivity contribution is 0.408. The zero-order valence-electron chi connectivity index (χ0n) is 7.62. The lowest BCUT2D eigenvalue weighted by Crippen LogP contribution is -2.28. The number of hydrogen-bond donors (Lipinski definition) is 2. The Kier molecular flexibility index (Phi) is 2.94. The van der Waals surface area contributed by atoms with Gasteiger partial charge >= 0.3 is 0 Å². The van der Waals surface area contributed by atoms with E-state index in [0.29, 0.717) is 0 Å². The molecule has 2 N–H and O–H groups in total. The van der Waals surface area contributed by atoms with Crippen molar-refractivity contribution >= 4 is 0 Å². The third kappa shape index (κ3) is 3.16. The minimum atomic E-state index is 0.794. The Labute approximate surface area is 77.7 Å². The Balaban J connectivity index is 1.48. The topological polar surface area (TPSA) is 50.1 Å². The smallest absolute Gasteiger partial charge is 0.124 e. The first-order chi connectivity index (χ1) is 6.45. The molecule has 0 spiro atoms. The van der Waals surface area contributed by atoms with Gasteiger partial charge in [-0.2, -0.15) is 0 Å². The molecular weight excluding hydrogens is 166 g/mol. The lowest BCUT2D eigenvalue weighted by atomic mass is 10.4. The maximum Gasteiger partial charge on any atom is 0.124 e. The van der Waals surface area contributed by atoms with Gasteiger partial charge in [0, 0.05) is 31.7 Å². The average molecular weight is 181 g/mol. The summed E-state index contributed by atoms with van der Waals surface area (Å²) in [7, 11) is 0. The van der Waals surface area contributed by atoms with Crippen LogP contribution in [-0.4, -0.2) is 24.3 Å². The third-order valence-electron chi connectivity index (χ3n) is 2.11. The van der Waals surface area contributed by atoms with E-state index in [2.05, 4.69) is 15.8 Å². The van der Waals surface area contributed by atoms with Crippen molar-refractivity contribution in [3.05, 3.63) is 18.0 Å². The number of nitrogens with one attached hydrogen (secondary N) is 2. The van der Waals surface area contributed by atoms with Crippen LogP contribution in [0.1, 0.15) is 18.5 Å². The largest absolute Gasteiger partial charge is 0.364 e. The Hall–Kier alpha value is -0.870. The summed E-state index contributed by atoms with van der Waals surface area (Å²) in [6.07, 6.45) is 4.30. The van der Waals surface area contributed by atoms with Gasteiger partial charge in [-0.1, -0.05) is 5.16 Å². The molecule has 1 saturated carbocycles. The van der Waals surface area contributed by atoms with Crippen LogP contribution >= 0.6 is 0 Å². The molecule has 1 aromatic heterocycles. The Morgan fingerprint density at radius 2 is 2.38 bits per heavy atom. The highest BCUT2D eigenvalue weighted by molar-refractivity contribution is 4.94. The zero-order chi connectivity index (χ0) is 8.93. The normalized spacial score (nSPS) is 16.3. The van der Waals surface area contributed by atoms with Crippen molar-refractivity contribution in [3.8, 4) is 0 Å². The highest BCUT2D eigenvalue weighted by Crippen LogP contribution is 2.17. The molecule has 72 valence electrons. The molecule has 0 amide bonds. The summed E-state index contributed by atoms with van der Waals surface area (Å²) < 4.78 is 4.71. The fourth-order valence-corrected chi connectivity index (χ4v) is 1.20. The SMILES string of the molecule is c1cc(CNCCNC2CC2)no1. The van der Waals surface area contributed by atoms with Crippen molar-refractivity contribution in [2.24, 2.45) is 0 Å². The van der Waals surface area contributed by atoms with Crippen LogP contribution in [-0.2, 0) is 6.54 Å². The molecule has 0 unspecified atom stereocenters. The second kappa shape index (κ2) is 4.39. The van der Waals surface area contributed by atoms with Gasteiger partial charge in [0.2, 0.25) is 0 Å². The summed E-state index contributed by atoms with van der Waals surface area (Å²) in [6.45, 7) is 2.83. The Morgan fingerprint density at radius 3 is 3.08 bits per heavy atom. The van der Waals surface area contributed by atoms with E-state index in [9.17, 15) is 0 Å². The van der Waals surface area contributed by atoms with Gasteiger partial charge in [0.25, 0.3) is 0 Å². The molecule has 0 atom stereocenters. The van der Waals surface area contributed by atoms with E-state index < -0.39 is 0 Å². The molecule has 0 radical (unpaired) electrons. The first-order valence-corrected chi connectivity index (χ1v) is 4.78. The lowest BCUT2D eigenvalue weighted by Gasteiger charge is -2.02. The van der Waals surface area contributed by atoms with Gasteiger partial charge in [-0.3, -0.25) is 0 Å². The Morgan fingerprint density at radius 1 is 1.46 bits per heavy atom. The maximum atomic E-state index is 4.71. The van der Waals surface area contributed by atoms with Crippen LogP contribution in [0.25, 0.3) is 0 Å². The summed E-state index contributed by atoms with van der Waals surface area (Å²) in [5.41, 5.74) is 0.964. The highest BCUT2D eigenvalue weighted by atomic mass is 16.5. The molecule has 1 fully saturated rings. The fraction of sp³-hybridized carbons (Fsp3) is 0.667. The van der Waals surface area contributed by atoms with E-state index in [4.69, 9.17) is 4.52 Å². The van der Waals surface area contributed by atoms with Gasteiger partial charge in [-0.15, -0.1) is 0 Å². The van der Waals surface area contributed by atoms with Crippen LogP contribution in [0.4, 0.5) is 0 Å². The van der Waals surface area contributed by atoms with E-state index in [1.165, 1.54) is 12.8 Å². The molecule has 1 aliphatic rings. The molecule has 4 nitrogen and oxygen atoms in total. The van der Waals surface area contributed by atoms with Crippen molar-refractivity contribution < 1.29 is 4.52 Å². The first-order valence-electron chi connectivity index (χ1n) is 4.78. The second-order valence-corrected chi connectivity index (χ2v) is 3.40. The molecule has 1 aliphatic carbocycles. The molecule has 0 aromatic carbocycles. The molecular formula is C9H15N3O. The summed E-state index contributed by atoms with van der Waals surface area (Å²) in [6, 6.07) is 2.68. The molecule has 4 heteroatoms. The minimum Gasteiger partial charge on any atom is -0.364 e. The van der Waals surface area contributed by atoms with E-state index in [1.807, 2.05) is 6.07 Å². The summed E-state index contributed by atoms with van der Waals surface area (Å²) in [5.74, 6) is 0. The predicted molar refractivity (Wildman–Crippen MR) is 49.2 cm³/mol. The molecule has 1 aromatic rings. The van der Waals surface area contributed by atoms with Gasteiger partial charge in [-0.25, -0.2) is 0 Å². The summed E-state index contributed by atoms with van der Waals surface area (Å²) in [5, 5.41) is 10.5. The van der Waals surface area contributed by atoms with Crippen LogP contribution in [0.3, 0.4) is 0 Å². The van der Waals surface area contributed by atoms with Gasteiger partial charge in [0.15, 0.2) is 0 Å². The van der Waals surface area contributed by atoms with E-state index in [1.54, 1.807) is 6.26 Å². The van der Waals surface area contributed by atoms with Crippen molar-refractivity contribution in [2.75, 3.05) is 13.1 Å². The minimum absolute atomic E-state index is 0.794. The molecule has 13 heavy (non-hydrogen) atoms. The quantitative estimate of drug-likeness (QED) is 0.628. The van der Waals surface area contributed by atoms with Crippen molar-refractivity contribution in [3.63, 3.8) is 0 Å². The van der Waals surface area contributed by atoms with Crippen LogP contribution in [0.2, 0.25) is 0 Å². The zero-order valence-corrected chi connectivity index (χ0v) is 7.62. The average Bonchev–Trinajstić information content (AvgIpc) is 2.81. The van der Waals surface area contributed by atoms with Gasteiger partial charge in [0.1, 0.15) is 6.26 Å². The third-order valence-corrected chi connectivity index (χ3v) is 2.11. The van der Waals surface area contributed by atoms with E-state index in [-0.39, 0.29) is 0 Å². The summed E-state index contributed by atoms with van der Waals surface area (Å²) in [4.78, 5) is 0.